The first-order chi connectivity index (χ1) is 5.67. The van der Waals surface area contributed by atoms with Crippen LogP contribution in [0.15, 0.2) is 0 Å². The fourth-order valence-electron chi connectivity index (χ4n) is 3.08. The molecule has 2 N–H and O–H groups in total. The van der Waals surface area contributed by atoms with Crippen LogP contribution in [0, 0.1) is 11.3 Å². The molecule has 2 saturated carbocycles. The van der Waals surface area contributed by atoms with Gasteiger partial charge in [-0.2, -0.15) is 0 Å². The molecule has 2 aliphatic rings. The molecule has 0 bridgehead atoms. The van der Waals surface area contributed by atoms with Crippen molar-refractivity contribution >= 4 is 0 Å². The van der Waals surface area contributed by atoms with Crippen molar-refractivity contribution in [3.63, 3.8) is 0 Å². The molecule has 0 aliphatic heterocycles. The quantitative estimate of drug-likeness (QED) is 0.575. The summed E-state index contributed by atoms with van der Waals surface area (Å²) in [5, 5.41) is 19.8. The highest BCUT2D eigenvalue weighted by Gasteiger charge is 2.52. The van der Waals surface area contributed by atoms with E-state index in [0.29, 0.717) is 5.92 Å². The van der Waals surface area contributed by atoms with Crippen molar-refractivity contribution in [2.24, 2.45) is 11.3 Å². The minimum atomic E-state index is -0.255. The summed E-state index contributed by atoms with van der Waals surface area (Å²) in [5.74, 6) is 0.387. The lowest BCUT2D eigenvalue weighted by Crippen LogP contribution is -2.39. The van der Waals surface area contributed by atoms with Crippen LogP contribution in [-0.4, -0.2) is 22.4 Å². The molecule has 0 aromatic rings. The first kappa shape index (κ1) is 8.52. The van der Waals surface area contributed by atoms with Crippen LogP contribution in [0.3, 0.4) is 0 Å². The standard InChI is InChI=1S/C10H18O2/c1-7-4-6-10(9(7)12)5-2-3-8(10)11/h7-9,11-12H,2-6H2,1H3/t7-,8+,9-,10+/m1/s1. The van der Waals surface area contributed by atoms with Gasteiger partial charge in [-0.3, -0.25) is 0 Å². The van der Waals surface area contributed by atoms with E-state index in [1.807, 2.05) is 0 Å². The Balaban J connectivity index is 2.20. The molecule has 0 aromatic carbocycles. The van der Waals surface area contributed by atoms with Gasteiger partial charge in [-0.1, -0.05) is 13.3 Å². The van der Waals surface area contributed by atoms with Crippen molar-refractivity contribution in [1.29, 1.82) is 0 Å². The molecule has 0 aromatic heterocycles. The second-order valence-corrected chi connectivity index (χ2v) is 4.60. The average Bonchev–Trinajstić information content (AvgIpc) is 2.54. The summed E-state index contributed by atoms with van der Waals surface area (Å²) in [6.07, 6.45) is 4.62. The predicted molar refractivity (Wildman–Crippen MR) is 46.7 cm³/mol. The number of aliphatic hydroxyl groups is 2. The van der Waals surface area contributed by atoms with Gasteiger partial charge in [-0.15, -0.1) is 0 Å². The molecule has 2 rings (SSSR count). The molecular weight excluding hydrogens is 152 g/mol. The van der Waals surface area contributed by atoms with E-state index in [-0.39, 0.29) is 17.6 Å². The lowest BCUT2D eigenvalue weighted by atomic mass is 9.79. The molecule has 0 amide bonds. The van der Waals surface area contributed by atoms with Crippen LogP contribution in [0.4, 0.5) is 0 Å². The number of hydrogen-bond acceptors (Lipinski definition) is 2. The lowest BCUT2D eigenvalue weighted by Gasteiger charge is -2.32. The molecule has 70 valence electrons. The highest BCUT2D eigenvalue weighted by atomic mass is 16.3. The summed E-state index contributed by atoms with van der Waals surface area (Å²) in [6.45, 7) is 2.09. The van der Waals surface area contributed by atoms with E-state index >= 15 is 0 Å². The summed E-state index contributed by atoms with van der Waals surface area (Å²) in [6, 6.07) is 0. The Morgan fingerprint density at radius 1 is 1.17 bits per heavy atom. The lowest BCUT2D eigenvalue weighted by molar-refractivity contribution is -0.0428. The first-order valence-corrected chi connectivity index (χ1v) is 5.03. The highest BCUT2D eigenvalue weighted by Crippen LogP contribution is 2.52. The highest BCUT2D eigenvalue weighted by molar-refractivity contribution is 5.02. The minimum Gasteiger partial charge on any atom is -0.392 e. The van der Waals surface area contributed by atoms with Gasteiger partial charge in [0.2, 0.25) is 0 Å². The summed E-state index contributed by atoms with van der Waals surface area (Å²) in [4.78, 5) is 0. The molecule has 0 heterocycles. The molecule has 2 heteroatoms. The zero-order valence-electron chi connectivity index (χ0n) is 7.66. The SMILES string of the molecule is C[C@@H]1CC[C@]2(CCC[C@@H]2O)[C@@H]1O. The fraction of sp³-hybridized carbons (Fsp3) is 1.00. The Hall–Kier alpha value is -0.0800. The van der Waals surface area contributed by atoms with Crippen molar-refractivity contribution in [2.45, 2.75) is 51.2 Å². The van der Waals surface area contributed by atoms with E-state index < -0.39 is 0 Å². The fourth-order valence-corrected chi connectivity index (χ4v) is 3.08. The monoisotopic (exact) mass is 170 g/mol. The van der Waals surface area contributed by atoms with Gasteiger partial charge < -0.3 is 10.2 Å². The van der Waals surface area contributed by atoms with Crippen LogP contribution in [0.25, 0.3) is 0 Å². The van der Waals surface area contributed by atoms with E-state index in [2.05, 4.69) is 6.92 Å². The second-order valence-electron chi connectivity index (χ2n) is 4.60. The van der Waals surface area contributed by atoms with Crippen LogP contribution >= 0.6 is 0 Å². The molecular formula is C10H18O2. The van der Waals surface area contributed by atoms with Gasteiger partial charge in [-0.25, -0.2) is 0 Å². The zero-order valence-corrected chi connectivity index (χ0v) is 7.66. The minimum absolute atomic E-state index is 0.112. The smallest absolute Gasteiger partial charge is 0.0646 e. The van der Waals surface area contributed by atoms with E-state index in [4.69, 9.17) is 0 Å². The topological polar surface area (TPSA) is 40.5 Å². The van der Waals surface area contributed by atoms with Gasteiger partial charge in [0.05, 0.1) is 12.2 Å². The molecule has 12 heavy (non-hydrogen) atoms. The predicted octanol–water partition coefficient (Wildman–Crippen LogP) is 1.31. The summed E-state index contributed by atoms with van der Waals surface area (Å²) < 4.78 is 0. The van der Waals surface area contributed by atoms with Gasteiger partial charge >= 0.3 is 0 Å². The van der Waals surface area contributed by atoms with Crippen LogP contribution in [-0.2, 0) is 0 Å². The molecule has 0 radical (unpaired) electrons. The maximum Gasteiger partial charge on any atom is 0.0646 e. The number of rotatable bonds is 0. The number of aliphatic hydroxyl groups excluding tert-OH is 2. The van der Waals surface area contributed by atoms with Crippen molar-refractivity contribution < 1.29 is 10.2 Å². The molecule has 2 nitrogen and oxygen atoms in total. The van der Waals surface area contributed by atoms with Crippen molar-refractivity contribution in [2.75, 3.05) is 0 Å². The largest absolute Gasteiger partial charge is 0.392 e. The maximum absolute atomic E-state index is 9.96. The Morgan fingerprint density at radius 3 is 2.33 bits per heavy atom. The van der Waals surface area contributed by atoms with Crippen LogP contribution in [0.1, 0.15) is 39.0 Å². The molecule has 1 spiro atoms. The van der Waals surface area contributed by atoms with E-state index in [1.54, 1.807) is 0 Å². The van der Waals surface area contributed by atoms with E-state index in [1.165, 1.54) is 0 Å². The summed E-state index contributed by atoms with van der Waals surface area (Å²) in [7, 11) is 0. The Morgan fingerprint density at radius 2 is 1.92 bits per heavy atom. The average molecular weight is 170 g/mol. The molecule has 2 aliphatic carbocycles. The maximum atomic E-state index is 9.96. The summed E-state index contributed by atoms with van der Waals surface area (Å²) in [5.41, 5.74) is -0.112. The van der Waals surface area contributed by atoms with Gasteiger partial charge in [0.25, 0.3) is 0 Å². The normalized spacial score (nSPS) is 53.8. The van der Waals surface area contributed by atoms with Crippen molar-refractivity contribution in [3.05, 3.63) is 0 Å². The molecule has 0 unspecified atom stereocenters. The van der Waals surface area contributed by atoms with Gasteiger partial charge in [-0.05, 0) is 31.6 Å². The van der Waals surface area contributed by atoms with Gasteiger partial charge in [0.1, 0.15) is 0 Å². The van der Waals surface area contributed by atoms with Gasteiger partial charge in [0.15, 0.2) is 0 Å². The number of hydrogen-bond donors (Lipinski definition) is 2. The second kappa shape index (κ2) is 2.71. The molecule has 0 saturated heterocycles. The summed E-state index contributed by atoms with van der Waals surface area (Å²) >= 11 is 0. The van der Waals surface area contributed by atoms with Crippen molar-refractivity contribution in [1.82, 2.24) is 0 Å². The van der Waals surface area contributed by atoms with Gasteiger partial charge in [0, 0.05) is 5.41 Å². The Labute approximate surface area is 73.6 Å². The van der Waals surface area contributed by atoms with E-state index in [0.717, 1.165) is 32.1 Å². The first-order valence-electron chi connectivity index (χ1n) is 5.03. The van der Waals surface area contributed by atoms with Crippen LogP contribution < -0.4 is 0 Å². The molecule has 4 atom stereocenters. The third-order valence-electron chi connectivity index (χ3n) is 3.98. The molecule has 2 fully saturated rings. The zero-order chi connectivity index (χ0) is 8.77. The van der Waals surface area contributed by atoms with Crippen LogP contribution in [0.5, 0.6) is 0 Å². The third-order valence-corrected chi connectivity index (χ3v) is 3.98. The Bertz CT molecular complexity index is 181. The van der Waals surface area contributed by atoms with E-state index in [9.17, 15) is 10.2 Å². The third kappa shape index (κ3) is 0.944. The van der Waals surface area contributed by atoms with Crippen LogP contribution in [0.2, 0.25) is 0 Å². The Kier molecular flexibility index (Phi) is 1.92. The van der Waals surface area contributed by atoms with Crippen molar-refractivity contribution in [3.8, 4) is 0 Å².